The second-order valence-electron chi connectivity index (χ2n) is 6.14. The maximum atomic E-state index is 13.0. The van der Waals surface area contributed by atoms with E-state index in [9.17, 15) is 9.59 Å². The Morgan fingerprint density at radius 1 is 1.25 bits per heavy atom. The number of nitrogen functional groups attached to an aromatic ring is 1. The molecule has 0 atom stereocenters. The summed E-state index contributed by atoms with van der Waals surface area (Å²) in [5.41, 5.74) is 8.76. The summed E-state index contributed by atoms with van der Waals surface area (Å²) in [4.78, 5) is 30.7. The van der Waals surface area contributed by atoms with Gasteiger partial charge in [-0.25, -0.2) is 9.79 Å². The fourth-order valence-corrected chi connectivity index (χ4v) is 3.80. The Labute approximate surface area is 167 Å². The predicted octanol–water partition coefficient (Wildman–Crippen LogP) is 4.15. The number of hydrogen-bond acceptors (Lipinski definition) is 5. The number of anilines is 1. The molecule has 6 nitrogen and oxygen atoms in total. The quantitative estimate of drug-likeness (QED) is 0.452. The van der Waals surface area contributed by atoms with E-state index in [2.05, 4.69) is 11.6 Å². The highest BCUT2D eigenvalue weighted by Gasteiger charge is 2.34. The molecular weight excluding hydrogens is 374 g/mol. The van der Waals surface area contributed by atoms with E-state index >= 15 is 0 Å². The lowest BCUT2D eigenvalue weighted by Crippen LogP contribution is -2.29. The standard InChI is InChI=1S/C21H19N3O3S/c1-3-10-24-19(25)18(13(2)14-6-4-8-16(22)11-14)28-21(24)23-17-9-5-7-15(12-17)20(26)27/h3-9,11-12H,1,10,22H2,2H3,(H,26,27)/b18-13-,23-21?. The van der Waals surface area contributed by atoms with Crippen LogP contribution in [0.5, 0.6) is 0 Å². The molecule has 28 heavy (non-hydrogen) atoms. The van der Waals surface area contributed by atoms with Crippen molar-refractivity contribution in [2.24, 2.45) is 4.99 Å². The first-order valence-corrected chi connectivity index (χ1v) is 9.32. The summed E-state index contributed by atoms with van der Waals surface area (Å²) in [6.07, 6.45) is 1.63. The van der Waals surface area contributed by atoms with Gasteiger partial charge in [-0.15, -0.1) is 6.58 Å². The summed E-state index contributed by atoms with van der Waals surface area (Å²) in [5, 5.41) is 9.64. The van der Waals surface area contributed by atoms with Crippen LogP contribution in [-0.4, -0.2) is 33.6 Å². The van der Waals surface area contributed by atoms with Gasteiger partial charge in [0.05, 0.1) is 16.2 Å². The number of thioether (sulfide) groups is 1. The zero-order valence-corrected chi connectivity index (χ0v) is 16.1. The van der Waals surface area contributed by atoms with Gasteiger partial charge in [0, 0.05) is 12.2 Å². The number of carbonyl (C=O) groups excluding carboxylic acids is 1. The fraction of sp³-hybridized carbons (Fsp3) is 0.0952. The van der Waals surface area contributed by atoms with Crippen LogP contribution in [0.3, 0.4) is 0 Å². The Morgan fingerprint density at radius 3 is 2.64 bits per heavy atom. The van der Waals surface area contributed by atoms with Crippen LogP contribution in [0.25, 0.3) is 5.57 Å². The first-order valence-electron chi connectivity index (χ1n) is 8.50. The average Bonchev–Trinajstić information content (AvgIpc) is 2.97. The predicted molar refractivity (Wildman–Crippen MR) is 113 cm³/mol. The number of carbonyl (C=O) groups is 2. The molecule has 7 heteroatoms. The van der Waals surface area contributed by atoms with Crippen molar-refractivity contribution in [3.63, 3.8) is 0 Å². The molecule has 0 aromatic heterocycles. The number of amidine groups is 1. The molecule has 3 N–H and O–H groups in total. The van der Waals surface area contributed by atoms with Crippen molar-refractivity contribution in [1.29, 1.82) is 0 Å². The van der Waals surface area contributed by atoms with Gasteiger partial charge in [-0.1, -0.05) is 24.3 Å². The third-order valence-corrected chi connectivity index (χ3v) is 5.33. The molecule has 0 spiro atoms. The molecule has 1 saturated heterocycles. The number of nitrogens with zero attached hydrogens (tertiary/aromatic N) is 2. The molecule has 0 unspecified atom stereocenters. The van der Waals surface area contributed by atoms with Crippen LogP contribution in [0.2, 0.25) is 0 Å². The summed E-state index contributed by atoms with van der Waals surface area (Å²) in [6, 6.07) is 13.6. The first kappa shape index (κ1) is 19.4. The number of aliphatic imine (C=N–C) groups is 1. The number of carboxylic acids is 1. The van der Waals surface area contributed by atoms with Crippen LogP contribution in [0.1, 0.15) is 22.8 Å². The molecule has 0 saturated carbocycles. The van der Waals surface area contributed by atoms with Gasteiger partial charge in [-0.05, 0) is 60.2 Å². The molecule has 142 valence electrons. The molecule has 0 radical (unpaired) electrons. The second kappa shape index (κ2) is 8.14. The Kier molecular flexibility index (Phi) is 5.65. The average molecular weight is 393 g/mol. The number of nitrogens with two attached hydrogens (primary N) is 1. The Balaban J connectivity index is 2.03. The number of benzene rings is 2. The highest BCUT2D eigenvalue weighted by molar-refractivity contribution is 8.18. The van der Waals surface area contributed by atoms with Crippen LogP contribution >= 0.6 is 11.8 Å². The minimum atomic E-state index is -1.03. The van der Waals surface area contributed by atoms with Crippen LogP contribution in [-0.2, 0) is 4.79 Å². The van der Waals surface area contributed by atoms with Crippen molar-refractivity contribution in [2.45, 2.75) is 6.92 Å². The number of allylic oxidation sites excluding steroid dienone is 1. The topological polar surface area (TPSA) is 96.0 Å². The number of hydrogen-bond donors (Lipinski definition) is 2. The maximum Gasteiger partial charge on any atom is 0.335 e. The molecule has 1 heterocycles. The summed E-state index contributed by atoms with van der Waals surface area (Å²) in [5.74, 6) is -1.20. The lowest BCUT2D eigenvalue weighted by molar-refractivity contribution is -0.121. The van der Waals surface area contributed by atoms with Crippen molar-refractivity contribution in [2.75, 3.05) is 12.3 Å². The van der Waals surface area contributed by atoms with Gasteiger partial charge in [-0.2, -0.15) is 0 Å². The fourth-order valence-electron chi connectivity index (χ4n) is 2.73. The lowest BCUT2D eigenvalue weighted by atomic mass is 10.1. The summed E-state index contributed by atoms with van der Waals surface area (Å²) in [7, 11) is 0. The van der Waals surface area contributed by atoms with E-state index in [4.69, 9.17) is 10.8 Å². The Bertz CT molecular complexity index is 1030. The van der Waals surface area contributed by atoms with E-state index < -0.39 is 5.97 Å². The van der Waals surface area contributed by atoms with E-state index in [1.807, 2.05) is 25.1 Å². The highest BCUT2D eigenvalue weighted by atomic mass is 32.2. The van der Waals surface area contributed by atoms with Crippen LogP contribution in [0, 0.1) is 0 Å². The summed E-state index contributed by atoms with van der Waals surface area (Å²) < 4.78 is 0. The van der Waals surface area contributed by atoms with Crippen molar-refractivity contribution >= 4 is 45.8 Å². The molecular formula is C21H19N3O3S. The number of amides is 1. The summed E-state index contributed by atoms with van der Waals surface area (Å²) in [6.45, 7) is 5.88. The Morgan fingerprint density at radius 2 is 1.96 bits per heavy atom. The van der Waals surface area contributed by atoms with E-state index in [1.54, 1.807) is 24.3 Å². The van der Waals surface area contributed by atoms with Gasteiger partial charge in [0.2, 0.25) is 0 Å². The first-order chi connectivity index (χ1) is 13.4. The molecule has 1 aliphatic rings. The molecule has 1 amide bonds. The highest BCUT2D eigenvalue weighted by Crippen LogP contribution is 2.38. The molecule has 1 fully saturated rings. The van der Waals surface area contributed by atoms with Gasteiger partial charge in [0.1, 0.15) is 0 Å². The minimum absolute atomic E-state index is 0.137. The zero-order valence-electron chi connectivity index (χ0n) is 15.3. The van der Waals surface area contributed by atoms with Gasteiger partial charge < -0.3 is 10.8 Å². The SMILES string of the molecule is C=CCN1C(=O)/C(=C(\C)c2cccc(N)c2)SC1=Nc1cccc(C(=O)O)c1. The van der Waals surface area contributed by atoms with Gasteiger partial charge in [0.25, 0.3) is 5.91 Å². The molecule has 2 aromatic rings. The van der Waals surface area contributed by atoms with E-state index in [0.29, 0.717) is 28.0 Å². The van der Waals surface area contributed by atoms with E-state index in [1.165, 1.54) is 28.8 Å². The van der Waals surface area contributed by atoms with Crippen molar-refractivity contribution in [3.8, 4) is 0 Å². The van der Waals surface area contributed by atoms with Crippen LogP contribution in [0.15, 0.2) is 71.1 Å². The molecule has 1 aliphatic heterocycles. The summed E-state index contributed by atoms with van der Waals surface area (Å²) >= 11 is 1.25. The van der Waals surface area contributed by atoms with Crippen molar-refractivity contribution < 1.29 is 14.7 Å². The van der Waals surface area contributed by atoms with E-state index in [0.717, 1.165) is 11.1 Å². The lowest BCUT2D eigenvalue weighted by Gasteiger charge is -2.13. The maximum absolute atomic E-state index is 13.0. The molecule has 3 rings (SSSR count). The molecule has 0 aliphatic carbocycles. The van der Waals surface area contributed by atoms with Crippen molar-refractivity contribution in [1.82, 2.24) is 4.90 Å². The van der Waals surface area contributed by atoms with Gasteiger partial charge in [-0.3, -0.25) is 9.69 Å². The second-order valence-corrected chi connectivity index (χ2v) is 7.11. The van der Waals surface area contributed by atoms with Gasteiger partial charge >= 0.3 is 5.97 Å². The normalized spacial score (nSPS) is 17.1. The minimum Gasteiger partial charge on any atom is -0.478 e. The zero-order chi connectivity index (χ0) is 20.3. The monoisotopic (exact) mass is 393 g/mol. The number of carboxylic acid groups (broad SMARTS) is 1. The van der Waals surface area contributed by atoms with Crippen molar-refractivity contribution in [3.05, 3.63) is 77.2 Å². The number of rotatable bonds is 5. The Hall–Kier alpha value is -3.32. The van der Waals surface area contributed by atoms with E-state index in [-0.39, 0.29) is 11.5 Å². The van der Waals surface area contributed by atoms with Gasteiger partial charge in [0.15, 0.2) is 5.17 Å². The molecule has 2 aromatic carbocycles. The third kappa shape index (κ3) is 3.99. The molecule has 0 bridgehead atoms. The number of aromatic carboxylic acids is 1. The largest absolute Gasteiger partial charge is 0.478 e. The van der Waals surface area contributed by atoms with Crippen LogP contribution in [0.4, 0.5) is 11.4 Å². The van der Waals surface area contributed by atoms with Crippen LogP contribution < -0.4 is 5.73 Å². The smallest absolute Gasteiger partial charge is 0.335 e. The third-order valence-electron chi connectivity index (χ3n) is 4.15.